The number of rotatable bonds is 1. The normalized spacial score (nSPS) is 19.4. The summed E-state index contributed by atoms with van der Waals surface area (Å²) in [6, 6.07) is 3.93. The van der Waals surface area contributed by atoms with Gasteiger partial charge in [-0.1, -0.05) is 6.07 Å². The fraction of sp³-hybridized carbons (Fsp3) is 0.300. The molecule has 0 spiro atoms. The van der Waals surface area contributed by atoms with Crippen molar-refractivity contribution in [3.8, 4) is 0 Å². The molecular formula is C10H11BrN2O. The molecule has 0 aliphatic carbocycles. The van der Waals surface area contributed by atoms with E-state index in [4.69, 9.17) is 5.73 Å². The third-order valence-electron chi connectivity index (χ3n) is 2.52. The summed E-state index contributed by atoms with van der Waals surface area (Å²) in [5.41, 5.74) is 8.53. The Morgan fingerprint density at radius 2 is 2.29 bits per heavy atom. The number of benzene rings is 1. The zero-order chi connectivity index (χ0) is 10.3. The van der Waals surface area contributed by atoms with Gasteiger partial charge in [0.2, 0.25) is 5.91 Å². The van der Waals surface area contributed by atoms with E-state index in [2.05, 4.69) is 21.2 Å². The van der Waals surface area contributed by atoms with Gasteiger partial charge in [-0.2, -0.15) is 0 Å². The summed E-state index contributed by atoms with van der Waals surface area (Å²) in [4.78, 5) is 11.4. The molecule has 74 valence electrons. The Hall–Kier alpha value is -0.870. The lowest BCUT2D eigenvalue weighted by molar-refractivity contribution is -0.116. The summed E-state index contributed by atoms with van der Waals surface area (Å²) >= 11 is 3.42. The summed E-state index contributed by atoms with van der Waals surface area (Å²) in [6.07, 6.45) is 0. The zero-order valence-corrected chi connectivity index (χ0v) is 9.39. The molecule has 1 aromatic carbocycles. The summed E-state index contributed by atoms with van der Waals surface area (Å²) in [6.45, 7) is 2.39. The largest absolute Gasteiger partial charge is 0.326 e. The first-order valence-electron chi connectivity index (χ1n) is 4.46. The van der Waals surface area contributed by atoms with E-state index in [0.29, 0.717) is 6.54 Å². The van der Waals surface area contributed by atoms with Crippen LogP contribution >= 0.6 is 15.9 Å². The van der Waals surface area contributed by atoms with Crippen LogP contribution in [0.5, 0.6) is 0 Å². The standard InChI is InChI=1S/C10H11BrN2O/c1-5-7-2-6(4-12)3-8(11)9(7)13-10(5)14/h2-3,5H,4,12H2,1H3,(H,13,14). The number of halogens is 1. The van der Waals surface area contributed by atoms with Crippen molar-refractivity contribution < 1.29 is 4.79 Å². The van der Waals surface area contributed by atoms with E-state index < -0.39 is 0 Å². The van der Waals surface area contributed by atoms with Gasteiger partial charge in [-0.15, -0.1) is 0 Å². The third kappa shape index (κ3) is 1.35. The van der Waals surface area contributed by atoms with E-state index in [1.54, 1.807) is 0 Å². The predicted molar refractivity (Wildman–Crippen MR) is 59.1 cm³/mol. The van der Waals surface area contributed by atoms with Crippen LogP contribution in [-0.4, -0.2) is 5.91 Å². The lowest BCUT2D eigenvalue weighted by atomic mass is 10.0. The summed E-state index contributed by atoms with van der Waals surface area (Å²) in [7, 11) is 0. The molecule has 3 N–H and O–H groups in total. The molecule has 0 aromatic heterocycles. The zero-order valence-electron chi connectivity index (χ0n) is 7.80. The van der Waals surface area contributed by atoms with Crippen molar-refractivity contribution in [2.75, 3.05) is 5.32 Å². The fourth-order valence-electron chi connectivity index (χ4n) is 1.65. The molecule has 1 aromatic rings. The molecule has 0 saturated carbocycles. The Bertz CT molecular complexity index is 403. The van der Waals surface area contributed by atoms with Gasteiger partial charge < -0.3 is 11.1 Å². The summed E-state index contributed by atoms with van der Waals surface area (Å²) in [5.74, 6) is -0.0253. The van der Waals surface area contributed by atoms with Crippen LogP contribution in [0.15, 0.2) is 16.6 Å². The van der Waals surface area contributed by atoms with Crippen molar-refractivity contribution in [3.05, 3.63) is 27.7 Å². The lowest BCUT2D eigenvalue weighted by Crippen LogP contribution is -2.08. The van der Waals surface area contributed by atoms with E-state index in [9.17, 15) is 4.79 Å². The van der Waals surface area contributed by atoms with E-state index >= 15 is 0 Å². The average Bonchev–Trinajstić information content (AvgIpc) is 2.45. The summed E-state index contributed by atoms with van der Waals surface area (Å²) in [5, 5.41) is 2.84. The molecule has 4 heteroatoms. The van der Waals surface area contributed by atoms with Crippen LogP contribution in [0, 0.1) is 0 Å². The molecule has 14 heavy (non-hydrogen) atoms. The molecule has 2 rings (SSSR count). The molecule has 0 saturated heterocycles. The molecular weight excluding hydrogens is 244 g/mol. The first kappa shape index (κ1) is 9.68. The number of nitrogens with one attached hydrogen (secondary N) is 1. The quantitative estimate of drug-likeness (QED) is 0.805. The Morgan fingerprint density at radius 3 is 2.93 bits per heavy atom. The fourth-order valence-corrected chi connectivity index (χ4v) is 2.27. The highest BCUT2D eigenvalue weighted by Gasteiger charge is 2.28. The maximum absolute atomic E-state index is 11.4. The van der Waals surface area contributed by atoms with Crippen LogP contribution in [0.3, 0.4) is 0 Å². The van der Waals surface area contributed by atoms with Crippen LogP contribution in [0.4, 0.5) is 5.69 Å². The number of amides is 1. The molecule has 1 aliphatic rings. The van der Waals surface area contributed by atoms with Crippen LogP contribution in [0.2, 0.25) is 0 Å². The molecule has 1 amide bonds. The Balaban J connectivity index is 2.57. The minimum Gasteiger partial charge on any atom is -0.326 e. The first-order chi connectivity index (χ1) is 6.63. The van der Waals surface area contributed by atoms with Crippen molar-refractivity contribution in [2.45, 2.75) is 19.4 Å². The van der Waals surface area contributed by atoms with Crippen LogP contribution < -0.4 is 11.1 Å². The van der Waals surface area contributed by atoms with Gasteiger partial charge >= 0.3 is 0 Å². The van der Waals surface area contributed by atoms with Gasteiger partial charge in [0.15, 0.2) is 0 Å². The number of anilines is 1. The predicted octanol–water partition coefficient (Wildman–Crippen LogP) is 1.96. The average molecular weight is 255 g/mol. The number of hydrogen-bond acceptors (Lipinski definition) is 2. The molecule has 1 aliphatic heterocycles. The molecule has 1 unspecified atom stereocenters. The van der Waals surface area contributed by atoms with Crippen LogP contribution in [0.25, 0.3) is 0 Å². The second kappa shape index (κ2) is 3.37. The van der Waals surface area contributed by atoms with Gasteiger partial charge in [-0.3, -0.25) is 4.79 Å². The van der Waals surface area contributed by atoms with E-state index in [1.165, 1.54) is 0 Å². The highest BCUT2D eigenvalue weighted by Crippen LogP contribution is 2.38. The molecule has 1 heterocycles. The monoisotopic (exact) mass is 254 g/mol. The smallest absolute Gasteiger partial charge is 0.231 e. The number of carbonyl (C=O) groups excluding carboxylic acids is 1. The van der Waals surface area contributed by atoms with Gasteiger partial charge in [0.25, 0.3) is 0 Å². The van der Waals surface area contributed by atoms with Gasteiger partial charge in [-0.25, -0.2) is 0 Å². The second-order valence-electron chi connectivity index (χ2n) is 3.46. The minimum absolute atomic E-state index is 0.0508. The van der Waals surface area contributed by atoms with Crippen molar-refractivity contribution in [1.82, 2.24) is 0 Å². The Kier molecular flexibility index (Phi) is 2.33. The highest BCUT2D eigenvalue weighted by atomic mass is 79.9. The number of nitrogens with two attached hydrogens (primary N) is 1. The van der Waals surface area contributed by atoms with Crippen molar-refractivity contribution in [2.24, 2.45) is 5.73 Å². The molecule has 0 fully saturated rings. The number of carbonyl (C=O) groups is 1. The van der Waals surface area contributed by atoms with Gasteiger partial charge in [0, 0.05) is 11.0 Å². The van der Waals surface area contributed by atoms with E-state index in [1.807, 2.05) is 19.1 Å². The molecule has 0 bridgehead atoms. The SMILES string of the molecule is CC1C(=O)Nc2c(Br)cc(CN)cc21. The maximum Gasteiger partial charge on any atom is 0.231 e. The second-order valence-corrected chi connectivity index (χ2v) is 4.31. The third-order valence-corrected chi connectivity index (χ3v) is 3.15. The molecule has 1 atom stereocenters. The van der Waals surface area contributed by atoms with Crippen LogP contribution in [0.1, 0.15) is 24.0 Å². The highest BCUT2D eigenvalue weighted by molar-refractivity contribution is 9.10. The van der Waals surface area contributed by atoms with E-state index in [0.717, 1.165) is 21.3 Å². The Morgan fingerprint density at radius 1 is 1.57 bits per heavy atom. The summed E-state index contributed by atoms with van der Waals surface area (Å²) < 4.78 is 0.910. The van der Waals surface area contributed by atoms with Crippen molar-refractivity contribution in [1.29, 1.82) is 0 Å². The Labute approximate surface area is 90.8 Å². The lowest BCUT2D eigenvalue weighted by Gasteiger charge is -2.06. The minimum atomic E-state index is -0.0761. The van der Waals surface area contributed by atoms with Crippen molar-refractivity contribution in [3.63, 3.8) is 0 Å². The number of hydrogen-bond donors (Lipinski definition) is 2. The van der Waals surface area contributed by atoms with Crippen molar-refractivity contribution >= 4 is 27.5 Å². The van der Waals surface area contributed by atoms with E-state index in [-0.39, 0.29) is 11.8 Å². The molecule has 0 radical (unpaired) electrons. The van der Waals surface area contributed by atoms with Crippen LogP contribution in [-0.2, 0) is 11.3 Å². The number of fused-ring (bicyclic) bond motifs is 1. The van der Waals surface area contributed by atoms with Gasteiger partial charge in [-0.05, 0) is 40.0 Å². The topological polar surface area (TPSA) is 55.1 Å². The van der Waals surface area contributed by atoms with Gasteiger partial charge in [0.05, 0.1) is 11.6 Å². The first-order valence-corrected chi connectivity index (χ1v) is 5.26. The van der Waals surface area contributed by atoms with Gasteiger partial charge in [0.1, 0.15) is 0 Å². The maximum atomic E-state index is 11.4. The molecule has 3 nitrogen and oxygen atoms in total.